The van der Waals surface area contributed by atoms with Crippen molar-refractivity contribution in [1.29, 1.82) is 0 Å². The average Bonchev–Trinajstić information content (AvgIpc) is 2.75. The van der Waals surface area contributed by atoms with E-state index in [2.05, 4.69) is 55.4 Å². The van der Waals surface area contributed by atoms with Crippen molar-refractivity contribution >= 4 is 15.9 Å². The monoisotopic (exact) mass is 508 g/mol. The highest BCUT2D eigenvalue weighted by atomic mass is 79.9. The van der Waals surface area contributed by atoms with Crippen LogP contribution in [0.5, 0.6) is 11.5 Å². The first-order valence-corrected chi connectivity index (χ1v) is 13.1. The van der Waals surface area contributed by atoms with Gasteiger partial charge in [-0.05, 0) is 63.1 Å². The largest absolute Gasteiger partial charge is 0.507 e. The Kier molecular flexibility index (Phi) is 12.4. The molecule has 0 saturated heterocycles. The summed E-state index contributed by atoms with van der Waals surface area (Å²) in [5.74, 6) is 1.50. The van der Waals surface area contributed by atoms with Gasteiger partial charge in [-0.1, -0.05) is 59.5 Å². The van der Waals surface area contributed by atoms with Crippen LogP contribution in [-0.2, 0) is 15.9 Å². The second-order valence-electron chi connectivity index (χ2n) is 8.78. The standard InChI is InChI=1S/C27H41BrO4/c1-5-6-7-8-22-18-25(29)27(24-17-21(4)9-10-23(24)20(2)3)26(19-22)32-16-15-31-14-13-30-12-11-28/h17-19,23-24,29H,2,5-16H2,1,3-4H3. The normalized spacial score (nSPS) is 18.4. The molecule has 32 heavy (non-hydrogen) atoms. The number of ether oxygens (including phenoxy) is 3. The molecular weight excluding hydrogens is 468 g/mol. The van der Waals surface area contributed by atoms with Crippen LogP contribution >= 0.6 is 15.9 Å². The minimum Gasteiger partial charge on any atom is -0.507 e. The van der Waals surface area contributed by atoms with Crippen molar-refractivity contribution in [3.05, 3.63) is 47.1 Å². The summed E-state index contributed by atoms with van der Waals surface area (Å²) in [5.41, 5.74) is 4.53. The van der Waals surface area contributed by atoms with Gasteiger partial charge in [0.25, 0.3) is 0 Å². The van der Waals surface area contributed by atoms with E-state index in [0.29, 0.717) is 44.7 Å². The van der Waals surface area contributed by atoms with E-state index in [-0.39, 0.29) is 5.92 Å². The Bertz CT molecular complexity index is 743. The second-order valence-corrected chi connectivity index (χ2v) is 9.57. The van der Waals surface area contributed by atoms with Crippen LogP contribution in [0.3, 0.4) is 0 Å². The van der Waals surface area contributed by atoms with Gasteiger partial charge < -0.3 is 19.3 Å². The average molecular weight is 510 g/mol. The Morgan fingerprint density at radius 2 is 1.84 bits per heavy atom. The van der Waals surface area contributed by atoms with E-state index in [9.17, 15) is 5.11 Å². The number of hydrogen-bond donors (Lipinski definition) is 1. The molecule has 1 aliphatic carbocycles. The summed E-state index contributed by atoms with van der Waals surface area (Å²) in [6.07, 6.45) is 8.84. The molecule has 2 rings (SSSR count). The zero-order valence-electron chi connectivity index (χ0n) is 20.1. The van der Waals surface area contributed by atoms with Crippen molar-refractivity contribution in [3.8, 4) is 11.5 Å². The summed E-state index contributed by atoms with van der Waals surface area (Å²) in [5, 5.41) is 11.9. The highest BCUT2D eigenvalue weighted by Crippen LogP contribution is 2.47. The van der Waals surface area contributed by atoms with Crippen LogP contribution in [0.4, 0.5) is 0 Å². The van der Waals surface area contributed by atoms with Crippen LogP contribution in [-0.4, -0.2) is 43.5 Å². The van der Waals surface area contributed by atoms with Crippen LogP contribution in [0.25, 0.3) is 0 Å². The Labute approximate surface area is 203 Å². The first-order chi connectivity index (χ1) is 15.5. The number of unbranched alkanes of at least 4 members (excludes halogenated alkanes) is 2. The molecule has 1 aliphatic rings. The molecule has 0 bridgehead atoms. The van der Waals surface area contributed by atoms with E-state index < -0.39 is 0 Å². The Hall–Kier alpha value is -1.30. The lowest BCUT2D eigenvalue weighted by molar-refractivity contribution is 0.0412. The van der Waals surface area contributed by atoms with Gasteiger partial charge >= 0.3 is 0 Å². The van der Waals surface area contributed by atoms with Gasteiger partial charge in [-0.25, -0.2) is 0 Å². The molecule has 0 aromatic heterocycles. The third-order valence-corrected chi connectivity index (χ3v) is 6.37. The maximum atomic E-state index is 11.1. The van der Waals surface area contributed by atoms with Crippen molar-refractivity contribution in [2.75, 3.05) is 38.4 Å². The highest BCUT2D eigenvalue weighted by Gasteiger charge is 2.30. The summed E-state index contributed by atoms with van der Waals surface area (Å²) < 4.78 is 17.3. The fourth-order valence-electron chi connectivity index (χ4n) is 4.34. The van der Waals surface area contributed by atoms with Crippen LogP contribution < -0.4 is 4.74 Å². The predicted molar refractivity (Wildman–Crippen MR) is 136 cm³/mol. The molecule has 4 nitrogen and oxygen atoms in total. The smallest absolute Gasteiger partial charge is 0.127 e. The number of allylic oxidation sites excluding steroid dienone is 3. The maximum Gasteiger partial charge on any atom is 0.127 e. The Morgan fingerprint density at radius 3 is 2.53 bits per heavy atom. The Balaban J connectivity index is 2.17. The van der Waals surface area contributed by atoms with Crippen LogP contribution in [0.1, 0.15) is 69.9 Å². The topological polar surface area (TPSA) is 47.9 Å². The minimum absolute atomic E-state index is 0.0829. The Morgan fingerprint density at radius 1 is 1.12 bits per heavy atom. The lowest BCUT2D eigenvalue weighted by atomic mass is 9.73. The summed E-state index contributed by atoms with van der Waals surface area (Å²) in [6, 6.07) is 4.06. The lowest BCUT2D eigenvalue weighted by Gasteiger charge is -2.32. The van der Waals surface area contributed by atoms with E-state index in [0.717, 1.165) is 53.5 Å². The molecule has 5 heteroatoms. The molecule has 2 unspecified atom stereocenters. The van der Waals surface area contributed by atoms with Crippen molar-refractivity contribution in [2.45, 2.75) is 65.2 Å². The molecule has 0 spiro atoms. The number of alkyl halides is 1. The van der Waals surface area contributed by atoms with Crippen molar-refractivity contribution in [1.82, 2.24) is 0 Å². The lowest BCUT2D eigenvalue weighted by Crippen LogP contribution is -2.19. The predicted octanol–water partition coefficient (Wildman–Crippen LogP) is 6.95. The van der Waals surface area contributed by atoms with E-state index in [4.69, 9.17) is 14.2 Å². The molecule has 0 saturated carbocycles. The van der Waals surface area contributed by atoms with E-state index in [1.54, 1.807) is 0 Å². The first-order valence-electron chi connectivity index (χ1n) is 12.0. The molecule has 180 valence electrons. The zero-order valence-corrected chi connectivity index (χ0v) is 21.7. The van der Waals surface area contributed by atoms with Gasteiger partial charge in [0.15, 0.2) is 0 Å². The molecule has 0 amide bonds. The van der Waals surface area contributed by atoms with Gasteiger partial charge in [0.05, 0.1) is 26.4 Å². The molecule has 0 radical (unpaired) electrons. The SMILES string of the molecule is C=C(C)C1CCC(C)=CC1c1c(O)cc(CCCCC)cc1OCCOCCOCCBr. The molecule has 0 heterocycles. The zero-order chi connectivity index (χ0) is 23.3. The number of aryl methyl sites for hydroxylation is 1. The summed E-state index contributed by atoms with van der Waals surface area (Å²) in [6.45, 7) is 13.4. The number of aromatic hydroxyl groups is 1. The van der Waals surface area contributed by atoms with Crippen LogP contribution in [0, 0.1) is 5.92 Å². The number of phenolic OH excluding ortho intramolecular Hbond substituents is 1. The third kappa shape index (κ3) is 8.57. The van der Waals surface area contributed by atoms with Gasteiger partial charge in [0.2, 0.25) is 0 Å². The molecule has 1 aromatic carbocycles. The van der Waals surface area contributed by atoms with Gasteiger partial charge in [0.1, 0.15) is 18.1 Å². The summed E-state index contributed by atoms with van der Waals surface area (Å²) in [7, 11) is 0. The molecule has 1 N–H and O–H groups in total. The number of phenols is 1. The first kappa shape index (κ1) is 26.9. The maximum absolute atomic E-state index is 11.1. The number of halogens is 1. The summed E-state index contributed by atoms with van der Waals surface area (Å²) >= 11 is 3.34. The van der Waals surface area contributed by atoms with Gasteiger partial charge in [-0.15, -0.1) is 0 Å². The van der Waals surface area contributed by atoms with Crippen molar-refractivity contribution in [2.24, 2.45) is 5.92 Å². The quantitative estimate of drug-likeness (QED) is 0.158. The van der Waals surface area contributed by atoms with Crippen molar-refractivity contribution in [3.63, 3.8) is 0 Å². The van der Waals surface area contributed by atoms with Gasteiger partial charge in [-0.2, -0.15) is 0 Å². The molecule has 1 aromatic rings. The van der Waals surface area contributed by atoms with Gasteiger partial charge in [0, 0.05) is 16.8 Å². The fourth-order valence-corrected chi connectivity index (χ4v) is 4.57. The minimum atomic E-state index is 0.0829. The van der Waals surface area contributed by atoms with Crippen molar-refractivity contribution < 1.29 is 19.3 Å². The van der Waals surface area contributed by atoms with Crippen LogP contribution in [0.15, 0.2) is 35.9 Å². The van der Waals surface area contributed by atoms with Gasteiger partial charge in [-0.3, -0.25) is 0 Å². The molecule has 0 fully saturated rings. The second kappa shape index (κ2) is 14.8. The highest BCUT2D eigenvalue weighted by molar-refractivity contribution is 9.09. The molecular formula is C27H41BrO4. The number of benzene rings is 1. The fraction of sp³-hybridized carbons (Fsp3) is 0.630. The summed E-state index contributed by atoms with van der Waals surface area (Å²) in [4.78, 5) is 0. The third-order valence-electron chi connectivity index (χ3n) is 6.04. The number of hydrogen-bond acceptors (Lipinski definition) is 4. The molecule has 0 aliphatic heterocycles. The van der Waals surface area contributed by atoms with E-state index in [1.807, 2.05) is 6.07 Å². The van der Waals surface area contributed by atoms with E-state index in [1.165, 1.54) is 18.4 Å². The molecule has 2 atom stereocenters. The van der Waals surface area contributed by atoms with Crippen LogP contribution in [0.2, 0.25) is 0 Å². The van der Waals surface area contributed by atoms with E-state index >= 15 is 0 Å². The number of rotatable bonds is 15.